The zero-order chi connectivity index (χ0) is 21.1. The van der Waals surface area contributed by atoms with Gasteiger partial charge in [-0.05, 0) is 50.6 Å². The average molecular weight is 456 g/mol. The molecule has 3 rings (SSSR count). The summed E-state index contributed by atoms with van der Waals surface area (Å²) in [5.41, 5.74) is 1.33. The van der Waals surface area contributed by atoms with Crippen molar-refractivity contribution in [1.82, 2.24) is 9.97 Å². The second kappa shape index (κ2) is 9.27. The third kappa shape index (κ3) is 5.37. The fourth-order valence-electron chi connectivity index (χ4n) is 2.61. The van der Waals surface area contributed by atoms with E-state index in [1.165, 1.54) is 23.1 Å². The van der Waals surface area contributed by atoms with Gasteiger partial charge in [0.25, 0.3) is 11.3 Å². The lowest BCUT2D eigenvalue weighted by Gasteiger charge is -2.12. The number of nitrogens with zero attached hydrogens (tertiary/aromatic N) is 1. The molecule has 0 saturated carbocycles. The monoisotopic (exact) mass is 455 g/mol. The molecule has 10 heteroatoms. The molecule has 2 heterocycles. The summed E-state index contributed by atoms with van der Waals surface area (Å²) in [6, 6.07) is 6.26. The van der Waals surface area contributed by atoms with Crippen LogP contribution in [-0.2, 0) is 10.5 Å². The molecule has 0 spiro atoms. The first-order chi connectivity index (χ1) is 13.7. The number of halogens is 2. The number of anilines is 1. The molecule has 0 aliphatic carbocycles. The number of aromatic nitrogens is 2. The van der Waals surface area contributed by atoms with E-state index in [1.807, 2.05) is 13.8 Å². The van der Waals surface area contributed by atoms with Crippen LogP contribution in [-0.4, -0.2) is 26.9 Å². The maximum absolute atomic E-state index is 12.4. The van der Waals surface area contributed by atoms with E-state index in [-0.39, 0.29) is 11.5 Å². The maximum Gasteiger partial charge on any atom is 0.288 e. The van der Waals surface area contributed by atoms with Gasteiger partial charge in [0.05, 0.1) is 16.4 Å². The van der Waals surface area contributed by atoms with Crippen LogP contribution in [0.5, 0.6) is 0 Å². The zero-order valence-electron chi connectivity index (χ0n) is 15.9. The minimum Gasteiger partial charge on any atom is -0.325 e. The van der Waals surface area contributed by atoms with Crippen LogP contribution >= 0.6 is 34.9 Å². The maximum atomic E-state index is 12.4. The normalized spacial score (nSPS) is 12.5. The lowest BCUT2D eigenvalue weighted by atomic mass is 10.2. The highest BCUT2D eigenvalue weighted by Crippen LogP contribution is 2.28. The van der Waals surface area contributed by atoms with E-state index < -0.39 is 11.0 Å². The number of thioether (sulfide) groups is 2. The number of amides is 1. The summed E-state index contributed by atoms with van der Waals surface area (Å²) < 4.78 is 24.7. The Hall–Kier alpha value is -1.91. The smallest absolute Gasteiger partial charge is 0.288 e. The summed E-state index contributed by atoms with van der Waals surface area (Å²) in [7, 11) is 0. The van der Waals surface area contributed by atoms with Crippen molar-refractivity contribution in [1.29, 1.82) is 0 Å². The Labute approximate surface area is 178 Å². The lowest BCUT2D eigenvalue weighted by molar-refractivity contribution is -0.115. The summed E-state index contributed by atoms with van der Waals surface area (Å²) in [6.45, 7) is 5.63. The Morgan fingerprint density at radius 1 is 1.28 bits per heavy atom. The summed E-state index contributed by atoms with van der Waals surface area (Å²) in [6.07, 6.45) is 0. The fourth-order valence-corrected chi connectivity index (χ4v) is 4.91. The number of carbonyl (C=O) groups is 1. The van der Waals surface area contributed by atoms with E-state index in [0.29, 0.717) is 44.1 Å². The quantitative estimate of drug-likeness (QED) is 0.481. The van der Waals surface area contributed by atoms with Crippen LogP contribution in [0.2, 0.25) is 0 Å². The molecular formula is C19H19F2N3O2S3. The Morgan fingerprint density at radius 3 is 2.62 bits per heavy atom. The van der Waals surface area contributed by atoms with Crippen molar-refractivity contribution >= 4 is 56.7 Å². The van der Waals surface area contributed by atoms with Crippen molar-refractivity contribution in [2.45, 2.75) is 42.4 Å². The van der Waals surface area contributed by atoms with Crippen LogP contribution < -0.4 is 10.9 Å². The molecule has 5 nitrogen and oxygen atoms in total. The Morgan fingerprint density at radius 2 is 1.97 bits per heavy atom. The molecule has 0 aliphatic heterocycles. The van der Waals surface area contributed by atoms with Gasteiger partial charge in [-0.15, -0.1) is 23.1 Å². The molecule has 1 aromatic carbocycles. The van der Waals surface area contributed by atoms with Crippen molar-refractivity contribution in [3.8, 4) is 0 Å². The van der Waals surface area contributed by atoms with E-state index in [1.54, 1.807) is 31.2 Å². The molecule has 0 radical (unpaired) electrons. The van der Waals surface area contributed by atoms with E-state index >= 15 is 0 Å². The average Bonchev–Trinajstić information content (AvgIpc) is 2.95. The largest absolute Gasteiger partial charge is 0.325 e. The Bertz CT molecular complexity index is 1080. The Balaban J connectivity index is 1.60. The van der Waals surface area contributed by atoms with Gasteiger partial charge in [-0.3, -0.25) is 9.59 Å². The van der Waals surface area contributed by atoms with Gasteiger partial charge in [0.1, 0.15) is 10.7 Å². The zero-order valence-corrected chi connectivity index (χ0v) is 18.4. The number of carbonyl (C=O) groups excluding carboxylic acids is 1. The number of fused-ring (bicyclic) bond motifs is 1. The molecule has 0 aliphatic rings. The van der Waals surface area contributed by atoms with Gasteiger partial charge in [-0.25, -0.2) is 4.98 Å². The number of H-pyrrole nitrogens is 1. The van der Waals surface area contributed by atoms with Gasteiger partial charge in [-0.1, -0.05) is 11.8 Å². The second-order valence-electron chi connectivity index (χ2n) is 6.32. The van der Waals surface area contributed by atoms with Crippen molar-refractivity contribution < 1.29 is 13.6 Å². The number of rotatable bonds is 7. The predicted molar refractivity (Wildman–Crippen MR) is 117 cm³/mol. The minimum atomic E-state index is -2.48. The highest BCUT2D eigenvalue weighted by Gasteiger charge is 2.16. The van der Waals surface area contributed by atoms with Gasteiger partial charge < -0.3 is 10.3 Å². The van der Waals surface area contributed by atoms with E-state index in [0.717, 1.165) is 10.4 Å². The molecule has 154 valence electrons. The van der Waals surface area contributed by atoms with Gasteiger partial charge in [-0.2, -0.15) is 8.78 Å². The van der Waals surface area contributed by atoms with Gasteiger partial charge >= 0.3 is 0 Å². The number of aromatic amines is 1. The SMILES string of the molecule is Cc1sc2nc(CSC(C)C(=O)Nc3ccc(SC(F)F)cc3)[nH]c(=O)c2c1C. The summed E-state index contributed by atoms with van der Waals surface area (Å²) >= 11 is 3.30. The molecule has 3 aromatic rings. The van der Waals surface area contributed by atoms with Gasteiger partial charge in [0.15, 0.2) is 0 Å². The molecule has 0 bridgehead atoms. The van der Waals surface area contributed by atoms with Crippen molar-refractivity contribution in [2.24, 2.45) is 0 Å². The molecular weight excluding hydrogens is 436 g/mol. The first-order valence-corrected chi connectivity index (χ1v) is 11.5. The topological polar surface area (TPSA) is 74.8 Å². The van der Waals surface area contributed by atoms with E-state index in [4.69, 9.17) is 0 Å². The summed E-state index contributed by atoms with van der Waals surface area (Å²) in [5.74, 6) is -1.77. The molecule has 0 saturated heterocycles. The van der Waals surface area contributed by atoms with Crippen LogP contribution in [0.1, 0.15) is 23.2 Å². The second-order valence-corrected chi connectivity index (χ2v) is 9.92. The summed E-state index contributed by atoms with van der Waals surface area (Å²) in [5, 5.41) is 3.00. The van der Waals surface area contributed by atoms with Crippen LogP contribution in [0.15, 0.2) is 34.0 Å². The third-order valence-electron chi connectivity index (χ3n) is 4.27. The van der Waals surface area contributed by atoms with E-state index in [2.05, 4.69) is 15.3 Å². The van der Waals surface area contributed by atoms with Crippen LogP contribution in [0, 0.1) is 13.8 Å². The van der Waals surface area contributed by atoms with Crippen molar-refractivity contribution in [3.63, 3.8) is 0 Å². The first kappa shape index (κ1) is 21.8. The number of thiophene rings is 1. The molecule has 1 amide bonds. The summed E-state index contributed by atoms with van der Waals surface area (Å²) in [4.78, 5) is 34.2. The highest BCUT2D eigenvalue weighted by molar-refractivity contribution is 8.00. The number of hydrogen-bond acceptors (Lipinski definition) is 6. The standard InChI is InChI=1S/C19H19F2N3O2S3/c1-9-10(2)28-18-15(9)17(26)23-14(24-18)8-27-11(3)16(25)22-12-4-6-13(7-5-12)29-19(20)21/h4-7,11,19H,8H2,1-3H3,(H,22,25)(H,23,24,26). The van der Waals surface area contributed by atoms with Gasteiger partial charge in [0.2, 0.25) is 5.91 Å². The van der Waals surface area contributed by atoms with Crippen LogP contribution in [0.3, 0.4) is 0 Å². The van der Waals surface area contributed by atoms with E-state index in [9.17, 15) is 18.4 Å². The minimum absolute atomic E-state index is 0.161. The van der Waals surface area contributed by atoms with Crippen LogP contribution in [0.25, 0.3) is 10.2 Å². The number of hydrogen-bond donors (Lipinski definition) is 2. The number of aryl methyl sites for hydroxylation is 2. The third-order valence-corrected chi connectivity index (χ3v) is 7.25. The molecule has 2 aromatic heterocycles. The number of benzene rings is 1. The van der Waals surface area contributed by atoms with Gasteiger partial charge in [0, 0.05) is 15.5 Å². The number of nitrogens with one attached hydrogen (secondary N) is 2. The fraction of sp³-hybridized carbons (Fsp3) is 0.316. The molecule has 0 fully saturated rings. The molecule has 1 atom stereocenters. The molecule has 29 heavy (non-hydrogen) atoms. The van der Waals surface area contributed by atoms with Crippen LogP contribution in [0.4, 0.5) is 14.5 Å². The molecule has 1 unspecified atom stereocenters. The first-order valence-electron chi connectivity index (χ1n) is 8.71. The molecule has 2 N–H and O–H groups in total. The highest BCUT2D eigenvalue weighted by atomic mass is 32.2. The predicted octanol–water partition coefficient (Wildman–Crippen LogP) is 5.18. The lowest BCUT2D eigenvalue weighted by Crippen LogP contribution is -2.23. The van der Waals surface area contributed by atoms with Crippen molar-refractivity contribution in [2.75, 3.05) is 5.32 Å². The number of alkyl halides is 2. The Kier molecular flexibility index (Phi) is 6.97. The van der Waals surface area contributed by atoms with Crippen molar-refractivity contribution in [3.05, 3.63) is 50.9 Å².